The minimum atomic E-state index is -1.48. The van der Waals surface area contributed by atoms with Crippen LogP contribution in [-0.4, -0.2) is 18.6 Å². The van der Waals surface area contributed by atoms with Crippen LogP contribution in [0.3, 0.4) is 0 Å². The Kier molecular flexibility index (Phi) is 2.64. The van der Waals surface area contributed by atoms with Crippen molar-refractivity contribution in [2.75, 3.05) is 13.7 Å². The van der Waals surface area contributed by atoms with E-state index in [4.69, 9.17) is 14.9 Å². The highest BCUT2D eigenvalue weighted by molar-refractivity contribution is 5.07. The highest BCUT2D eigenvalue weighted by atomic mass is 16.6. The molecular formula is C7H10N2O4. The molecule has 6 heteroatoms. The number of nitrogens with two attached hydrogens (primary N) is 1. The maximum atomic E-state index is 10.3. The molecule has 13 heavy (non-hydrogen) atoms. The van der Waals surface area contributed by atoms with E-state index in [1.54, 1.807) is 6.07 Å². The van der Waals surface area contributed by atoms with Gasteiger partial charge in [-0.2, -0.15) is 0 Å². The maximum Gasteiger partial charge on any atom is 0.253 e. The first-order valence-corrected chi connectivity index (χ1v) is 3.58. The van der Waals surface area contributed by atoms with Crippen LogP contribution in [0.4, 0.5) is 0 Å². The minimum absolute atomic E-state index is 0.242. The molecule has 0 radical (unpaired) electrons. The molecule has 0 aliphatic rings. The van der Waals surface area contributed by atoms with E-state index < -0.39 is 17.2 Å². The minimum Gasteiger partial charge on any atom is -0.464 e. The van der Waals surface area contributed by atoms with Gasteiger partial charge in [0.15, 0.2) is 5.76 Å². The predicted octanol–water partition coefficient (Wildman–Crippen LogP) is 0.314. The van der Waals surface area contributed by atoms with E-state index in [0.29, 0.717) is 0 Å². The lowest BCUT2D eigenvalue weighted by Crippen LogP contribution is -2.44. The van der Waals surface area contributed by atoms with Gasteiger partial charge in [-0.1, -0.05) is 0 Å². The third-order valence-corrected chi connectivity index (χ3v) is 1.67. The molecule has 72 valence electrons. The second kappa shape index (κ2) is 3.55. The number of hydrogen-bond donors (Lipinski definition) is 1. The number of ether oxygens (including phenoxy) is 1. The average Bonchev–Trinajstić information content (AvgIpc) is 2.55. The Morgan fingerprint density at radius 3 is 2.92 bits per heavy atom. The second-order valence-electron chi connectivity index (χ2n) is 2.56. The normalized spacial score (nSPS) is 15.2. The van der Waals surface area contributed by atoms with Crippen LogP contribution in [0.25, 0.3) is 0 Å². The fourth-order valence-corrected chi connectivity index (χ4v) is 0.954. The standard InChI is InChI=1S/C7H10N2O4/c1-12-7(8,5-9(10)11)6-3-2-4-13-6/h2-4H,5,8H2,1H3. The molecule has 1 aromatic heterocycles. The van der Waals surface area contributed by atoms with Gasteiger partial charge in [-0.05, 0) is 12.1 Å². The van der Waals surface area contributed by atoms with Gasteiger partial charge in [0.05, 0.1) is 6.26 Å². The van der Waals surface area contributed by atoms with Crippen molar-refractivity contribution in [3.63, 3.8) is 0 Å². The fourth-order valence-electron chi connectivity index (χ4n) is 0.954. The number of nitro groups is 1. The molecule has 0 spiro atoms. The number of rotatable bonds is 4. The van der Waals surface area contributed by atoms with Crippen LogP contribution >= 0.6 is 0 Å². The summed E-state index contributed by atoms with van der Waals surface area (Å²) in [7, 11) is 1.30. The van der Waals surface area contributed by atoms with Gasteiger partial charge in [0.2, 0.25) is 5.72 Å². The molecule has 1 aromatic rings. The van der Waals surface area contributed by atoms with Gasteiger partial charge in [-0.25, -0.2) is 0 Å². The quantitative estimate of drug-likeness (QED) is 0.415. The molecule has 0 amide bonds. The monoisotopic (exact) mass is 186 g/mol. The van der Waals surface area contributed by atoms with Crippen LogP contribution in [0, 0.1) is 10.1 Å². The first kappa shape index (κ1) is 9.69. The lowest BCUT2D eigenvalue weighted by atomic mass is 10.2. The van der Waals surface area contributed by atoms with Gasteiger partial charge in [-0.15, -0.1) is 0 Å². The number of furan rings is 1. The average molecular weight is 186 g/mol. The summed E-state index contributed by atoms with van der Waals surface area (Å²) in [5.74, 6) is 0.242. The Morgan fingerprint density at radius 2 is 2.54 bits per heavy atom. The molecule has 0 aromatic carbocycles. The lowest BCUT2D eigenvalue weighted by molar-refractivity contribution is -0.504. The largest absolute Gasteiger partial charge is 0.464 e. The van der Waals surface area contributed by atoms with E-state index in [-0.39, 0.29) is 5.76 Å². The summed E-state index contributed by atoms with van der Waals surface area (Å²) in [5.41, 5.74) is 4.13. The molecule has 0 fully saturated rings. The highest BCUT2D eigenvalue weighted by Gasteiger charge is 2.36. The summed E-state index contributed by atoms with van der Waals surface area (Å²) in [6, 6.07) is 3.13. The summed E-state index contributed by atoms with van der Waals surface area (Å²) < 4.78 is 9.77. The van der Waals surface area contributed by atoms with Gasteiger partial charge < -0.3 is 9.15 Å². The maximum absolute atomic E-state index is 10.3. The molecule has 0 bridgehead atoms. The Hall–Kier alpha value is -1.40. The molecule has 0 aliphatic carbocycles. The van der Waals surface area contributed by atoms with Gasteiger partial charge >= 0.3 is 0 Å². The summed E-state index contributed by atoms with van der Waals surface area (Å²) >= 11 is 0. The van der Waals surface area contributed by atoms with Crippen LogP contribution in [-0.2, 0) is 10.5 Å². The summed E-state index contributed by atoms with van der Waals surface area (Å²) in [6.45, 7) is -0.531. The fraction of sp³-hybridized carbons (Fsp3) is 0.429. The zero-order valence-corrected chi connectivity index (χ0v) is 7.10. The third kappa shape index (κ3) is 2.04. The molecule has 6 nitrogen and oxygen atoms in total. The summed E-state index contributed by atoms with van der Waals surface area (Å²) in [5, 5.41) is 10.3. The van der Waals surface area contributed by atoms with Crippen LogP contribution in [0.2, 0.25) is 0 Å². The topological polar surface area (TPSA) is 91.5 Å². The predicted molar refractivity (Wildman–Crippen MR) is 43.4 cm³/mol. The highest BCUT2D eigenvalue weighted by Crippen LogP contribution is 2.19. The Balaban J connectivity index is 2.87. The Labute approximate surface area is 74.4 Å². The number of hydrogen-bond acceptors (Lipinski definition) is 5. The van der Waals surface area contributed by atoms with Crippen molar-refractivity contribution in [1.82, 2.24) is 0 Å². The van der Waals surface area contributed by atoms with E-state index in [2.05, 4.69) is 0 Å². The Morgan fingerprint density at radius 1 is 1.85 bits per heavy atom. The summed E-state index contributed by atoms with van der Waals surface area (Å²) in [4.78, 5) is 9.72. The molecule has 2 N–H and O–H groups in total. The van der Waals surface area contributed by atoms with Crippen LogP contribution < -0.4 is 5.73 Å². The van der Waals surface area contributed by atoms with E-state index in [0.717, 1.165) is 0 Å². The zero-order chi connectivity index (χ0) is 9.90. The lowest BCUT2D eigenvalue weighted by Gasteiger charge is -2.20. The Bertz CT molecular complexity index is 285. The van der Waals surface area contributed by atoms with Crippen molar-refractivity contribution in [1.29, 1.82) is 0 Å². The molecule has 0 saturated carbocycles. The van der Waals surface area contributed by atoms with E-state index in [1.807, 2.05) is 0 Å². The zero-order valence-electron chi connectivity index (χ0n) is 7.10. The molecule has 1 heterocycles. The first-order valence-electron chi connectivity index (χ1n) is 3.58. The van der Waals surface area contributed by atoms with Crippen molar-refractivity contribution in [2.45, 2.75) is 5.72 Å². The summed E-state index contributed by atoms with van der Waals surface area (Å²) in [6.07, 6.45) is 1.38. The second-order valence-corrected chi connectivity index (χ2v) is 2.56. The SMILES string of the molecule is COC(N)(C[N+](=O)[O-])c1ccco1. The molecule has 1 unspecified atom stereocenters. The number of methoxy groups -OCH3 is 1. The number of nitrogens with zero attached hydrogens (tertiary/aromatic N) is 1. The van der Waals surface area contributed by atoms with Crippen molar-refractivity contribution >= 4 is 0 Å². The first-order chi connectivity index (χ1) is 6.08. The molecular weight excluding hydrogens is 176 g/mol. The van der Waals surface area contributed by atoms with Crippen molar-refractivity contribution in [3.8, 4) is 0 Å². The molecule has 1 rings (SSSR count). The molecule has 0 aliphatic heterocycles. The van der Waals surface area contributed by atoms with E-state index in [9.17, 15) is 10.1 Å². The van der Waals surface area contributed by atoms with Gasteiger partial charge in [-0.3, -0.25) is 15.8 Å². The molecule has 1 atom stereocenters. The van der Waals surface area contributed by atoms with E-state index >= 15 is 0 Å². The van der Waals surface area contributed by atoms with Crippen molar-refractivity contribution < 1.29 is 14.1 Å². The van der Waals surface area contributed by atoms with Crippen LogP contribution in [0.15, 0.2) is 22.8 Å². The molecule has 0 saturated heterocycles. The van der Waals surface area contributed by atoms with Crippen LogP contribution in [0.1, 0.15) is 5.76 Å². The van der Waals surface area contributed by atoms with E-state index in [1.165, 1.54) is 19.4 Å². The van der Waals surface area contributed by atoms with Crippen molar-refractivity contribution in [2.24, 2.45) is 5.73 Å². The smallest absolute Gasteiger partial charge is 0.253 e. The third-order valence-electron chi connectivity index (χ3n) is 1.67. The van der Waals surface area contributed by atoms with Gasteiger partial charge in [0.25, 0.3) is 6.54 Å². The van der Waals surface area contributed by atoms with Gasteiger partial charge in [0, 0.05) is 12.0 Å². The van der Waals surface area contributed by atoms with Crippen LogP contribution in [0.5, 0.6) is 0 Å². The van der Waals surface area contributed by atoms with Gasteiger partial charge in [0.1, 0.15) is 0 Å². The van der Waals surface area contributed by atoms with Crippen molar-refractivity contribution in [3.05, 3.63) is 34.3 Å².